The van der Waals surface area contributed by atoms with Crippen LogP contribution >= 0.6 is 0 Å². The minimum Gasteiger partial charge on any atom is -0.310 e. The first-order valence-electron chi connectivity index (χ1n) is 7.19. The van der Waals surface area contributed by atoms with Crippen LogP contribution in [0.25, 0.3) is 0 Å². The van der Waals surface area contributed by atoms with Gasteiger partial charge in [-0.15, -0.1) is 0 Å². The van der Waals surface area contributed by atoms with Crippen LogP contribution in [0.15, 0.2) is 0 Å². The maximum absolute atomic E-state index is 12.6. The van der Waals surface area contributed by atoms with Crippen LogP contribution in [-0.4, -0.2) is 38.2 Å². The Balaban J connectivity index is 1.87. The number of rotatable bonds is 3. The highest BCUT2D eigenvalue weighted by Gasteiger charge is 2.42. The van der Waals surface area contributed by atoms with E-state index in [1.165, 1.54) is 6.26 Å². The molecule has 3 nitrogen and oxygen atoms in total. The molecule has 2 aliphatic rings. The molecule has 2 unspecified atom stereocenters. The van der Waals surface area contributed by atoms with E-state index < -0.39 is 21.9 Å². The lowest BCUT2D eigenvalue weighted by molar-refractivity contribution is -0.182. The zero-order valence-electron chi connectivity index (χ0n) is 11.6. The molecule has 0 bridgehead atoms. The predicted octanol–water partition coefficient (Wildman–Crippen LogP) is 2.66. The molecule has 118 valence electrons. The summed E-state index contributed by atoms with van der Waals surface area (Å²) in [5.74, 6) is -1.19. The van der Waals surface area contributed by atoms with E-state index in [1.807, 2.05) is 0 Å². The zero-order chi connectivity index (χ0) is 15.0. The number of hydrogen-bond donors (Lipinski definition) is 1. The van der Waals surface area contributed by atoms with Crippen LogP contribution in [0.2, 0.25) is 0 Å². The molecule has 20 heavy (non-hydrogen) atoms. The van der Waals surface area contributed by atoms with Gasteiger partial charge in [-0.3, -0.25) is 0 Å². The monoisotopic (exact) mass is 313 g/mol. The summed E-state index contributed by atoms with van der Waals surface area (Å²) in [4.78, 5) is 0. The quantitative estimate of drug-likeness (QED) is 0.871. The van der Waals surface area contributed by atoms with Gasteiger partial charge in [-0.1, -0.05) is 6.42 Å². The lowest BCUT2D eigenvalue weighted by Gasteiger charge is -2.33. The van der Waals surface area contributed by atoms with Gasteiger partial charge < -0.3 is 5.32 Å². The molecule has 0 spiro atoms. The highest BCUT2D eigenvalue weighted by atomic mass is 32.2. The van der Waals surface area contributed by atoms with Gasteiger partial charge in [0.1, 0.15) is 0 Å². The van der Waals surface area contributed by atoms with Crippen molar-refractivity contribution >= 4 is 9.84 Å². The van der Waals surface area contributed by atoms with Gasteiger partial charge in [0.25, 0.3) is 0 Å². The Labute approximate surface area is 118 Å². The number of alkyl halides is 3. The van der Waals surface area contributed by atoms with E-state index in [2.05, 4.69) is 5.32 Å². The van der Waals surface area contributed by atoms with Gasteiger partial charge in [0.05, 0.1) is 11.2 Å². The highest BCUT2D eigenvalue weighted by Crippen LogP contribution is 2.38. The average molecular weight is 313 g/mol. The maximum Gasteiger partial charge on any atom is 0.391 e. The summed E-state index contributed by atoms with van der Waals surface area (Å²) in [6, 6.07) is -0.0570. The van der Waals surface area contributed by atoms with Crippen molar-refractivity contribution < 1.29 is 21.6 Å². The fraction of sp³-hybridized carbons (Fsp3) is 1.00. The summed E-state index contributed by atoms with van der Waals surface area (Å²) in [7, 11) is -3.08. The van der Waals surface area contributed by atoms with Gasteiger partial charge in [0.2, 0.25) is 0 Å². The van der Waals surface area contributed by atoms with Gasteiger partial charge in [0.15, 0.2) is 9.84 Å². The van der Waals surface area contributed by atoms with E-state index in [0.29, 0.717) is 19.3 Å². The van der Waals surface area contributed by atoms with Crippen molar-refractivity contribution in [1.29, 1.82) is 0 Å². The standard InChI is InChI=1S/C13H22F3NO2S/c1-20(18,19)12-4-2-3-11(12)17-10-7-5-9(6-8-10)13(14,15)16/h9-12,17H,2-8H2,1H3. The summed E-state index contributed by atoms with van der Waals surface area (Å²) in [6.07, 6.45) is 0.758. The normalized spacial score (nSPS) is 36.2. The van der Waals surface area contributed by atoms with Crippen LogP contribution in [0.3, 0.4) is 0 Å². The molecule has 0 saturated heterocycles. The van der Waals surface area contributed by atoms with Crippen LogP contribution in [0.4, 0.5) is 13.2 Å². The summed E-state index contributed by atoms with van der Waals surface area (Å²) in [5.41, 5.74) is 0. The minimum atomic E-state index is -4.09. The molecule has 2 fully saturated rings. The highest BCUT2D eigenvalue weighted by molar-refractivity contribution is 7.91. The van der Waals surface area contributed by atoms with Crippen LogP contribution in [0, 0.1) is 5.92 Å². The van der Waals surface area contributed by atoms with Crippen molar-refractivity contribution in [3.63, 3.8) is 0 Å². The molecule has 0 heterocycles. The Morgan fingerprint density at radius 1 is 1.00 bits per heavy atom. The fourth-order valence-corrected chi connectivity index (χ4v) is 4.93. The minimum absolute atomic E-state index is 0.0287. The average Bonchev–Trinajstić information content (AvgIpc) is 2.76. The molecule has 0 aliphatic heterocycles. The first-order chi connectivity index (χ1) is 9.18. The lowest BCUT2D eigenvalue weighted by atomic mass is 9.85. The molecule has 7 heteroatoms. The van der Waals surface area contributed by atoms with E-state index in [4.69, 9.17) is 0 Å². The number of halogens is 3. The summed E-state index contributed by atoms with van der Waals surface area (Å²) < 4.78 is 61.1. The Kier molecular flexibility index (Phi) is 4.69. The third-order valence-corrected chi connectivity index (χ3v) is 6.31. The second-order valence-electron chi connectivity index (χ2n) is 6.16. The molecular formula is C13H22F3NO2S. The Hall–Kier alpha value is -0.300. The Morgan fingerprint density at radius 3 is 2.10 bits per heavy atom. The number of hydrogen-bond acceptors (Lipinski definition) is 3. The third kappa shape index (κ3) is 3.87. The summed E-state index contributed by atoms with van der Waals surface area (Å²) in [6.45, 7) is 0. The van der Waals surface area contributed by atoms with Crippen LogP contribution in [0.5, 0.6) is 0 Å². The van der Waals surface area contributed by atoms with Gasteiger partial charge >= 0.3 is 6.18 Å². The van der Waals surface area contributed by atoms with Crippen molar-refractivity contribution in [1.82, 2.24) is 5.32 Å². The SMILES string of the molecule is CS(=O)(=O)C1CCCC1NC1CCC(C(F)(F)F)CC1. The van der Waals surface area contributed by atoms with E-state index in [-0.39, 0.29) is 30.2 Å². The van der Waals surface area contributed by atoms with Gasteiger partial charge in [0, 0.05) is 18.3 Å². The molecule has 2 rings (SSSR count). The maximum atomic E-state index is 12.6. The molecule has 2 aliphatic carbocycles. The number of sulfone groups is 1. The van der Waals surface area contributed by atoms with E-state index in [9.17, 15) is 21.6 Å². The molecule has 0 aromatic carbocycles. The second kappa shape index (κ2) is 5.83. The molecule has 0 amide bonds. The number of nitrogens with one attached hydrogen (secondary N) is 1. The van der Waals surface area contributed by atoms with Crippen molar-refractivity contribution in [3.05, 3.63) is 0 Å². The molecule has 2 atom stereocenters. The third-order valence-electron chi connectivity index (χ3n) is 4.64. The van der Waals surface area contributed by atoms with Gasteiger partial charge in [-0.2, -0.15) is 13.2 Å². The largest absolute Gasteiger partial charge is 0.391 e. The smallest absolute Gasteiger partial charge is 0.310 e. The second-order valence-corrected chi connectivity index (χ2v) is 8.43. The molecule has 0 aromatic heterocycles. The summed E-state index contributed by atoms with van der Waals surface area (Å²) >= 11 is 0. The molecule has 0 aromatic rings. The van der Waals surface area contributed by atoms with Crippen LogP contribution < -0.4 is 5.32 Å². The van der Waals surface area contributed by atoms with E-state index in [0.717, 1.165) is 12.8 Å². The first-order valence-corrected chi connectivity index (χ1v) is 9.15. The Morgan fingerprint density at radius 2 is 1.60 bits per heavy atom. The van der Waals surface area contributed by atoms with Crippen LogP contribution in [0.1, 0.15) is 44.9 Å². The van der Waals surface area contributed by atoms with Crippen molar-refractivity contribution in [2.75, 3.05) is 6.26 Å². The molecule has 2 saturated carbocycles. The zero-order valence-corrected chi connectivity index (χ0v) is 12.4. The molecule has 0 radical (unpaired) electrons. The molecule has 1 N–H and O–H groups in total. The van der Waals surface area contributed by atoms with Crippen molar-refractivity contribution in [3.8, 4) is 0 Å². The van der Waals surface area contributed by atoms with E-state index >= 15 is 0 Å². The topological polar surface area (TPSA) is 46.2 Å². The predicted molar refractivity (Wildman–Crippen MR) is 71.2 cm³/mol. The van der Waals surface area contributed by atoms with Crippen LogP contribution in [-0.2, 0) is 9.84 Å². The van der Waals surface area contributed by atoms with Crippen molar-refractivity contribution in [2.24, 2.45) is 5.92 Å². The fourth-order valence-electron chi connectivity index (χ4n) is 3.52. The molecular weight excluding hydrogens is 291 g/mol. The Bertz CT molecular complexity index is 427. The van der Waals surface area contributed by atoms with Gasteiger partial charge in [-0.05, 0) is 38.5 Å². The van der Waals surface area contributed by atoms with Crippen molar-refractivity contribution in [2.45, 2.75) is 68.5 Å². The lowest BCUT2D eigenvalue weighted by Crippen LogP contribution is -2.47. The first kappa shape index (κ1) is 16.1. The van der Waals surface area contributed by atoms with Gasteiger partial charge in [-0.25, -0.2) is 8.42 Å². The van der Waals surface area contributed by atoms with E-state index in [1.54, 1.807) is 0 Å². The summed E-state index contributed by atoms with van der Waals surface area (Å²) in [5, 5.41) is 2.93.